The second-order valence-corrected chi connectivity index (χ2v) is 7.06. The molecule has 0 radical (unpaired) electrons. The third-order valence-electron chi connectivity index (χ3n) is 2.42. The van der Waals surface area contributed by atoms with Crippen molar-refractivity contribution in [2.24, 2.45) is 5.41 Å². The van der Waals surface area contributed by atoms with Crippen LogP contribution in [0, 0.1) is 5.41 Å². The highest BCUT2D eigenvalue weighted by atomic mass is 32.1. The lowest BCUT2D eigenvalue weighted by Crippen LogP contribution is -2.28. The normalized spacial score (nSPS) is 11.9. The van der Waals surface area contributed by atoms with Crippen LogP contribution in [0.15, 0.2) is 0 Å². The molecule has 0 saturated heterocycles. The van der Waals surface area contributed by atoms with Crippen molar-refractivity contribution < 1.29 is 9.90 Å². The summed E-state index contributed by atoms with van der Waals surface area (Å²) in [4.78, 5) is 18.1. The van der Waals surface area contributed by atoms with Gasteiger partial charge in [-0.3, -0.25) is 0 Å². The van der Waals surface area contributed by atoms with E-state index in [0.717, 1.165) is 11.7 Å². The van der Waals surface area contributed by atoms with E-state index in [1.54, 1.807) is 0 Å². The van der Waals surface area contributed by atoms with Gasteiger partial charge in [0.25, 0.3) is 0 Å². The fraction of sp³-hybridized carbons (Fsp3) is 0.692. The number of aromatic carboxylic acids is 1. The van der Waals surface area contributed by atoms with Gasteiger partial charge in [0.05, 0.1) is 5.69 Å². The Morgan fingerprint density at radius 2 is 2.00 bits per heavy atom. The van der Waals surface area contributed by atoms with Crippen molar-refractivity contribution in [1.82, 2.24) is 4.98 Å². The first-order chi connectivity index (χ1) is 8.11. The van der Waals surface area contributed by atoms with E-state index in [1.807, 2.05) is 25.8 Å². The maximum atomic E-state index is 11.2. The summed E-state index contributed by atoms with van der Waals surface area (Å²) in [5, 5.41) is 9.98. The Balaban J connectivity index is 3.04. The van der Waals surface area contributed by atoms with Crippen molar-refractivity contribution in [2.75, 3.05) is 18.5 Å². The van der Waals surface area contributed by atoms with Crippen molar-refractivity contribution in [3.8, 4) is 0 Å². The largest absolute Gasteiger partial charge is 0.477 e. The van der Waals surface area contributed by atoms with Gasteiger partial charge in [0.15, 0.2) is 5.13 Å². The Morgan fingerprint density at radius 3 is 2.33 bits per heavy atom. The molecule has 0 aliphatic rings. The van der Waals surface area contributed by atoms with Crippen LogP contribution in [0.5, 0.6) is 0 Å². The number of anilines is 1. The average molecular weight is 270 g/mol. The van der Waals surface area contributed by atoms with Gasteiger partial charge in [0, 0.05) is 13.6 Å². The summed E-state index contributed by atoms with van der Waals surface area (Å²) in [6, 6.07) is 0. The van der Waals surface area contributed by atoms with E-state index in [9.17, 15) is 9.90 Å². The fourth-order valence-corrected chi connectivity index (χ4v) is 2.83. The van der Waals surface area contributed by atoms with E-state index in [1.165, 1.54) is 11.3 Å². The van der Waals surface area contributed by atoms with Gasteiger partial charge in [0.2, 0.25) is 0 Å². The predicted molar refractivity (Wildman–Crippen MR) is 75.9 cm³/mol. The molecule has 0 aromatic carbocycles. The number of hydrogen-bond acceptors (Lipinski definition) is 4. The Bertz CT molecular complexity index is 433. The summed E-state index contributed by atoms with van der Waals surface area (Å²) in [6.45, 7) is 11.2. The number of aromatic nitrogens is 1. The molecule has 5 heteroatoms. The van der Waals surface area contributed by atoms with Crippen LogP contribution in [0.2, 0.25) is 0 Å². The first-order valence-electron chi connectivity index (χ1n) is 6.07. The van der Waals surface area contributed by atoms with E-state index in [-0.39, 0.29) is 11.3 Å². The monoisotopic (exact) mass is 270 g/mol. The third kappa shape index (κ3) is 3.70. The number of carboxylic acid groups (broad SMARTS) is 1. The Kier molecular flexibility index (Phi) is 4.37. The van der Waals surface area contributed by atoms with Crippen LogP contribution >= 0.6 is 11.3 Å². The van der Waals surface area contributed by atoms with Crippen LogP contribution in [-0.4, -0.2) is 29.7 Å². The molecule has 1 aromatic heterocycles. The number of nitrogens with zero attached hydrogens (tertiary/aromatic N) is 2. The van der Waals surface area contributed by atoms with Gasteiger partial charge in [-0.2, -0.15) is 0 Å². The molecule has 4 nitrogen and oxygen atoms in total. The van der Waals surface area contributed by atoms with Gasteiger partial charge in [0.1, 0.15) is 4.88 Å². The van der Waals surface area contributed by atoms with E-state index >= 15 is 0 Å². The molecule has 1 rings (SSSR count). The Hall–Kier alpha value is -1.10. The lowest BCUT2D eigenvalue weighted by molar-refractivity contribution is 0.0700. The van der Waals surface area contributed by atoms with E-state index in [2.05, 4.69) is 25.8 Å². The molecular formula is C13H22N2O2S. The number of thiazole rings is 1. The summed E-state index contributed by atoms with van der Waals surface area (Å²) >= 11 is 1.26. The molecule has 0 atom stereocenters. The summed E-state index contributed by atoms with van der Waals surface area (Å²) in [7, 11) is 1.96. The second-order valence-electron chi connectivity index (χ2n) is 6.09. The zero-order valence-electron chi connectivity index (χ0n) is 11.9. The van der Waals surface area contributed by atoms with Gasteiger partial charge in [-0.15, -0.1) is 0 Å². The lowest BCUT2D eigenvalue weighted by Gasteiger charge is -2.26. The molecule has 0 aliphatic heterocycles. The molecular weight excluding hydrogens is 248 g/mol. The maximum absolute atomic E-state index is 11.2. The third-order valence-corrected chi connectivity index (χ3v) is 3.59. The van der Waals surface area contributed by atoms with Crippen LogP contribution in [0.25, 0.3) is 0 Å². The predicted octanol–water partition coefficient (Wildman–Crippen LogP) is 3.45. The number of carboxylic acids is 1. The molecule has 0 fully saturated rings. The van der Waals surface area contributed by atoms with Crippen molar-refractivity contribution in [1.29, 1.82) is 0 Å². The fourth-order valence-electron chi connectivity index (χ4n) is 1.81. The molecule has 0 saturated carbocycles. The molecule has 102 valence electrons. The first-order valence-corrected chi connectivity index (χ1v) is 6.88. The summed E-state index contributed by atoms with van der Waals surface area (Å²) in [6.07, 6.45) is 0. The van der Waals surface area contributed by atoms with Crippen LogP contribution in [0.4, 0.5) is 5.13 Å². The van der Waals surface area contributed by atoms with E-state index in [0.29, 0.717) is 10.6 Å². The molecule has 1 N–H and O–H groups in total. The van der Waals surface area contributed by atoms with Gasteiger partial charge in [-0.05, 0) is 11.3 Å². The SMILES string of the molecule is CC(C)c1nc(N(C)CC(C)(C)C)sc1C(=O)O. The molecule has 1 aromatic rings. The Labute approximate surface area is 113 Å². The van der Waals surface area contributed by atoms with Crippen LogP contribution in [-0.2, 0) is 0 Å². The molecule has 0 bridgehead atoms. The minimum Gasteiger partial charge on any atom is -0.477 e. The number of rotatable bonds is 4. The Morgan fingerprint density at radius 1 is 1.44 bits per heavy atom. The molecule has 0 amide bonds. The second kappa shape index (κ2) is 5.26. The zero-order valence-corrected chi connectivity index (χ0v) is 12.8. The highest BCUT2D eigenvalue weighted by molar-refractivity contribution is 7.17. The summed E-state index contributed by atoms with van der Waals surface area (Å²) in [5.74, 6) is -0.754. The molecule has 0 spiro atoms. The minimum absolute atomic E-state index is 0.129. The van der Waals surface area contributed by atoms with Crippen molar-refractivity contribution in [3.05, 3.63) is 10.6 Å². The number of hydrogen-bond donors (Lipinski definition) is 1. The standard InChI is InChI=1S/C13H22N2O2S/c1-8(2)9-10(11(16)17)18-12(14-9)15(6)7-13(3,4)5/h8H,7H2,1-6H3,(H,16,17). The van der Waals surface area contributed by atoms with Gasteiger partial charge in [-0.25, -0.2) is 9.78 Å². The minimum atomic E-state index is -0.883. The van der Waals surface area contributed by atoms with E-state index < -0.39 is 5.97 Å². The van der Waals surface area contributed by atoms with Crippen LogP contribution in [0.3, 0.4) is 0 Å². The highest BCUT2D eigenvalue weighted by Crippen LogP contribution is 2.31. The quantitative estimate of drug-likeness (QED) is 0.910. The van der Waals surface area contributed by atoms with Crippen LogP contribution in [0.1, 0.15) is 55.9 Å². The summed E-state index contributed by atoms with van der Waals surface area (Å²) < 4.78 is 0. The maximum Gasteiger partial charge on any atom is 0.347 e. The molecule has 0 unspecified atom stereocenters. The van der Waals surface area contributed by atoms with Crippen molar-refractivity contribution in [3.63, 3.8) is 0 Å². The zero-order chi connectivity index (χ0) is 14.1. The molecule has 0 aliphatic carbocycles. The summed E-state index contributed by atoms with van der Waals surface area (Å²) in [5.41, 5.74) is 0.838. The van der Waals surface area contributed by atoms with Crippen LogP contribution < -0.4 is 4.90 Å². The smallest absolute Gasteiger partial charge is 0.347 e. The number of carbonyl (C=O) groups is 1. The van der Waals surface area contributed by atoms with Gasteiger partial charge < -0.3 is 10.0 Å². The van der Waals surface area contributed by atoms with Crippen molar-refractivity contribution >= 4 is 22.4 Å². The molecule has 1 heterocycles. The first kappa shape index (κ1) is 15.0. The van der Waals surface area contributed by atoms with Crippen molar-refractivity contribution in [2.45, 2.75) is 40.5 Å². The van der Waals surface area contributed by atoms with Gasteiger partial charge >= 0.3 is 5.97 Å². The van der Waals surface area contributed by atoms with E-state index in [4.69, 9.17) is 0 Å². The average Bonchev–Trinajstić information content (AvgIpc) is 2.58. The highest BCUT2D eigenvalue weighted by Gasteiger charge is 2.23. The molecule has 18 heavy (non-hydrogen) atoms. The lowest BCUT2D eigenvalue weighted by atomic mass is 9.96. The van der Waals surface area contributed by atoms with Gasteiger partial charge in [-0.1, -0.05) is 46.0 Å². The topological polar surface area (TPSA) is 53.4 Å².